The summed E-state index contributed by atoms with van der Waals surface area (Å²) in [5.74, 6) is 0.798. The second-order valence-corrected chi connectivity index (χ2v) is 6.26. The lowest BCUT2D eigenvalue weighted by atomic mass is 10.1. The standard InChI is InChI=1S/C21H22N2O3/c1-26-19-10-8-18(9-11-19)23-15-17(13-21(23)25)14-22-20(24)12-7-16-5-3-2-4-6-16/h2-12,17H,13-15H2,1H3,(H,22,24)/b12-7-. The molecule has 0 spiro atoms. The normalized spacial score (nSPS) is 16.9. The average Bonchev–Trinajstić information content (AvgIpc) is 3.06. The number of nitrogens with one attached hydrogen (secondary N) is 1. The maximum absolute atomic E-state index is 12.3. The molecule has 2 aromatic carbocycles. The highest BCUT2D eigenvalue weighted by atomic mass is 16.5. The second kappa shape index (κ2) is 8.34. The van der Waals surface area contributed by atoms with E-state index in [-0.39, 0.29) is 17.7 Å². The fourth-order valence-corrected chi connectivity index (χ4v) is 2.97. The van der Waals surface area contributed by atoms with Crippen molar-refractivity contribution in [1.82, 2.24) is 5.32 Å². The quantitative estimate of drug-likeness (QED) is 0.815. The van der Waals surface area contributed by atoms with Crippen molar-refractivity contribution in [2.45, 2.75) is 6.42 Å². The van der Waals surface area contributed by atoms with E-state index in [9.17, 15) is 9.59 Å². The van der Waals surface area contributed by atoms with Crippen LogP contribution in [0, 0.1) is 5.92 Å². The molecule has 134 valence electrons. The van der Waals surface area contributed by atoms with Gasteiger partial charge >= 0.3 is 0 Å². The fraction of sp³-hybridized carbons (Fsp3) is 0.238. The van der Waals surface area contributed by atoms with Gasteiger partial charge in [-0.3, -0.25) is 9.59 Å². The van der Waals surface area contributed by atoms with Crippen LogP contribution in [0.25, 0.3) is 6.08 Å². The first-order valence-corrected chi connectivity index (χ1v) is 8.61. The number of carbonyl (C=O) groups excluding carboxylic acids is 2. The first-order chi connectivity index (χ1) is 12.7. The summed E-state index contributed by atoms with van der Waals surface area (Å²) in [7, 11) is 1.61. The molecule has 3 rings (SSSR count). The van der Waals surface area contributed by atoms with Crippen molar-refractivity contribution in [3.05, 3.63) is 66.2 Å². The van der Waals surface area contributed by atoms with Crippen molar-refractivity contribution in [2.75, 3.05) is 25.1 Å². The molecule has 1 heterocycles. The predicted octanol–water partition coefficient (Wildman–Crippen LogP) is 2.88. The van der Waals surface area contributed by atoms with Gasteiger partial charge in [0.15, 0.2) is 0 Å². The van der Waals surface area contributed by atoms with Gasteiger partial charge < -0.3 is 15.0 Å². The lowest BCUT2D eigenvalue weighted by Crippen LogP contribution is -2.30. The molecular formula is C21H22N2O3. The van der Waals surface area contributed by atoms with Crippen molar-refractivity contribution < 1.29 is 14.3 Å². The summed E-state index contributed by atoms with van der Waals surface area (Å²) < 4.78 is 5.14. The number of amides is 2. The molecule has 0 radical (unpaired) electrons. The van der Waals surface area contributed by atoms with Crippen LogP contribution < -0.4 is 15.0 Å². The molecule has 1 aliphatic heterocycles. The summed E-state index contributed by atoms with van der Waals surface area (Å²) in [5.41, 5.74) is 1.83. The molecule has 0 bridgehead atoms. The maximum Gasteiger partial charge on any atom is 0.244 e. The Morgan fingerprint density at radius 1 is 1.19 bits per heavy atom. The molecule has 2 amide bonds. The summed E-state index contributed by atoms with van der Waals surface area (Å²) in [6.07, 6.45) is 3.74. The molecular weight excluding hydrogens is 328 g/mol. The zero-order valence-corrected chi connectivity index (χ0v) is 14.7. The maximum atomic E-state index is 12.3. The van der Waals surface area contributed by atoms with E-state index in [2.05, 4.69) is 5.32 Å². The molecule has 26 heavy (non-hydrogen) atoms. The minimum Gasteiger partial charge on any atom is -0.497 e. The van der Waals surface area contributed by atoms with Gasteiger partial charge in [-0.25, -0.2) is 0 Å². The number of hydrogen-bond donors (Lipinski definition) is 1. The molecule has 2 aromatic rings. The highest BCUT2D eigenvalue weighted by Crippen LogP contribution is 2.26. The van der Waals surface area contributed by atoms with Crippen LogP contribution in [0.5, 0.6) is 5.75 Å². The SMILES string of the molecule is COc1ccc(N2CC(CNC(=O)/C=C\c3ccccc3)CC2=O)cc1. The number of carbonyl (C=O) groups is 2. The predicted molar refractivity (Wildman–Crippen MR) is 102 cm³/mol. The lowest BCUT2D eigenvalue weighted by Gasteiger charge is -2.17. The van der Waals surface area contributed by atoms with Gasteiger partial charge in [0.25, 0.3) is 0 Å². The van der Waals surface area contributed by atoms with E-state index in [1.54, 1.807) is 18.1 Å². The molecule has 5 heteroatoms. The van der Waals surface area contributed by atoms with Crippen molar-refractivity contribution in [1.29, 1.82) is 0 Å². The van der Waals surface area contributed by atoms with Crippen LogP contribution in [-0.4, -0.2) is 32.0 Å². The van der Waals surface area contributed by atoms with E-state index in [0.29, 0.717) is 19.5 Å². The van der Waals surface area contributed by atoms with Gasteiger partial charge in [-0.05, 0) is 35.9 Å². The first-order valence-electron chi connectivity index (χ1n) is 8.61. The van der Waals surface area contributed by atoms with Crippen LogP contribution in [0.1, 0.15) is 12.0 Å². The van der Waals surface area contributed by atoms with E-state index in [0.717, 1.165) is 17.0 Å². The Kier molecular flexibility index (Phi) is 5.69. The molecule has 1 saturated heterocycles. The number of ether oxygens (including phenoxy) is 1. The Balaban J connectivity index is 1.51. The zero-order chi connectivity index (χ0) is 18.4. The van der Waals surface area contributed by atoms with Gasteiger partial charge in [-0.1, -0.05) is 30.3 Å². The van der Waals surface area contributed by atoms with Crippen molar-refractivity contribution >= 4 is 23.6 Å². The van der Waals surface area contributed by atoms with Crippen LogP contribution in [0.15, 0.2) is 60.7 Å². The number of anilines is 1. The third kappa shape index (κ3) is 4.51. The van der Waals surface area contributed by atoms with E-state index >= 15 is 0 Å². The average molecular weight is 350 g/mol. The van der Waals surface area contributed by atoms with E-state index in [1.165, 1.54) is 6.08 Å². The lowest BCUT2D eigenvalue weighted by molar-refractivity contribution is -0.118. The molecule has 1 N–H and O–H groups in total. The van der Waals surface area contributed by atoms with Crippen LogP contribution in [0.3, 0.4) is 0 Å². The Labute approximate surface area is 153 Å². The molecule has 1 fully saturated rings. The number of nitrogens with zero attached hydrogens (tertiary/aromatic N) is 1. The highest BCUT2D eigenvalue weighted by molar-refractivity contribution is 5.96. The number of rotatable bonds is 6. The van der Waals surface area contributed by atoms with Crippen LogP contribution in [0.4, 0.5) is 5.69 Å². The fourth-order valence-electron chi connectivity index (χ4n) is 2.97. The molecule has 1 atom stereocenters. The van der Waals surface area contributed by atoms with Crippen molar-refractivity contribution in [3.63, 3.8) is 0 Å². The van der Waals surface area contributed by atoms with Crippen molar-refractivity contribution in [2.24, 2.45) is 5.92 Å². The molecule has 0 aliphatic carbocycles. The molecule has 0 saturated carbocycles. The van der Waals surface area contributed by atoms with Gasteiger partial charge in [-0.15, -0.1) is 0 Å². The number of benzene rings is 2. The van der Waals surface area contributed by atoms with E-state index in [4.69, 9.17) is 4.74 Å². The monoisotopic (exact) mass is 350 g/mol. The van der Waals surface area contributed by atoms with Gasteiger partial charge in [0, 0.05) is 37.2 Å². The smallest absolute Gasteiger partial charge is 0.244 e. The van der Waals surface area contributed by atoms with Gasteiger partial charge in [-0.2, -0.15) is 0 Å². The van der Waals surface area contributed by atoms with E-state index < -0.39 is 0 Å². The number of hydrogen-bond acceptors (Lipinski definition) is 3. The van der Waals surface area contributed by atoms with Crippen LogP contribution in [0.2, 0.25) is 0 Å². The summed E-state index contributed by atoms with van der Waals surface area (Å²) in [5, 5.41) is 2.88. The third-order valence-corrected chi connectivity index (χ3v) is 4.38. The largest absolute Gasteiger partial charge is 0.497 e. The number of methoxy groups -OCH3 is 1. The minimum absolute atomic E-state index is 0.0780. The van der Waals surface area contributed by atoms with Gasteiger partial charge in [0.1, 0.15) is 5.75 Å². The Morgan fingerprint density at radius 3 is 2.62 bits per heavy atom. The summed E-state index contributed by atoms with van der Waals surface area (Å²) >= 11 is 0. The van der Waals surface area contributed by atoms with Crippen LogP contribution in [-0.2, 0) is 9.59 Å². The zero-order valence-electron chi connectivity index (χ0n) is 14.7. The molecule has 5 nitrogen and oxygen atoms in total. The summed E-state index contributed by atoms with van der Waals surface area (Å²) in [6, 6.07) is 17.1. The van der Waals surface area contributed by atoms with Crippen LogP contribution >= 0.6 is 0 Å². The minimum atomic E-state index is -0.149. The third-order valence-electron chi connectivity index (χ3n) is 4.38. The molecule has 0 aromatic heterocycles. The van der Waals surface area contributed by atoms with E-state index in [1.807, 2.05) is 54.6 Å². The Hall–Kier alpha value is -3.08. The summed E-state index contributed by atoms with van der Waals surface area (Å²) in [4.78, 5) is 26.0. The molecule has 1 unspecified atom stereocenters. The first kappa shape index (κ1) is 17.7. The topological polar surface area (TPSA) is 58.6 Å². The highest BCUT2D eigenvalue weighted by Gasteiger charge is 2.30. The second-order valence-electron chi connectivity index (χ2n) is 6.26. The van der Waals surface area contributed by atoms with Gasteiger partial charge in [0.2, 0.25) is 11.8 Å². The Morgan fingerprint density at radius 2 is 1.92 bits per heavy atom. The Bertz CT molecular complexity index is 785. The molecule has 1 aliphatic rings. The van der Waals surface area contributed by atoms with Crippen molar-refractivity contribution in [3.8, 4) is 5.75 Å². The summed E-state index contributed by atoms with van der Waals surface area (Å²) in [6.45, 7) is 1.09. The van der Waals surface area contributed by atoms with Gasteiger partial charge in [0.05, 0.1) is 7.11 Å².